The Morgan fingerprint density at radius 2 is 1.50 bits per heavy atom. The summed E-state index contributed by atoms with van der Waals surface area (Å²) in [5.74, 6) is 0.113. The van der Waals surface area contributed by atoms with Crippen LogP contribution in [-0.4, -0.2) is 52.5 Å². The number of rotatable bonds is 8. The standard InChI is InChI=1S/C10H8BrN3O.C6H14O6S2.Na.H/c11-7-8(6-4-2-1-3-5-6)13-10(12)14-9(7)15;1-13(7,8)11-5-3-4-6-12-14(2,9)10;;/h1-5H,(H3,12,13,14,15);3-6H2,1-2H3;;/q;;+1;-1. The van der Waals surface area contributed by atoms with Gasteiger partial charge < -0.3 is 7.16 Å². The maximum atomic E-state index is 11.4. The third-order valence-electron chi connectivity index (χ3n) is 3.06. The number of halogens is 1. The molecule has 0 aliphatic heterocycles. The second-order valence-electron chi connectivity index (χ2n) is 5.74. The van der Waals surface area contributed by atoms with Crippen molar-refractivity contribution >= 4 is 42.1 Å². The Bertz CT molecular complexity index is 1030. The molecule has 10 nitrogen and oxygen atoms in total. The van der Waals surface area contributed by atoms with E-state index < -0.39 is 20.2 Å². The molecule has 0 bridgehead atoms. The largest absolute Gasteiger partial charge is 1.00 e. The fourth-order valence-corrected chi connectivity index (χ4v) is 3.15. The quantitative estimate of drug-likeness (QED) is 0.236. The van der Waals surface area contributed by atoms with Crippen LogP contribution >= 0.6 is 15.9 Å². The Morgan fingerprint density at radius 3 is 1.93 bits per heavy atom. The molecule has 14 heteroatoms. The van der Waals surface area contributed by atoms with Crippen molar-refractivity contribution in [2.75, 3.05) is 31.5 Å². The second kappa shape index (κ2) is 13.6. The van der Waals surface area contributed by atoms with Gasteiger partial charge in [0.1, 0.15) is 4.47 Å². The molecule has 3 N–H and O–H groups in total. The summed E-state index contributed by atoms with van der Waals surface area (Å²) in [4.78, 5) is 17.9. The van der Waals surface area contributed by atoms with Crippen molar-refractivity contribution in [3.8, 4) is 11.3 Å². The molecule has 30 heavy (non-hydrogen) atoms. The van der Waals surface area contributed by atoms with Crippen LogP contribution in [0.15, 0.2) is 39.6 Å². The van der Waals surface area contributed by atoms with Crippen molar-refractivity contribution in [3.63, 3.8) is 0 Å². The van der Waals surface area contributed by atoms with Gasteiger partial charge in [-0.1, -0.05) is 30.3 Å². The van der Waals surface area contributed by atoms with E-state index >= 15 is 0 Å². The van der Waals surface area contributed by atoms with E-state index in [0.717, 1.165) is 18.1 Å². The van der Waals surface area contributed by atoms with Gasteiger partial charge in [-0.25, -0.2) is 4.98 Å². The molecule has 0 atom stereocenters. The topological polar surface area (TPSA) is 159 Å². The normalized spacial score (nSPS) is 11.2. The van der Waals surface area contributed by atoms with E-state index in [1.807, 2.05) is 30.3 Å². The number of nitrogens with one attached hydrogen (secondary N) is 1. The van der Waals surface area contributed by atoms with E-state index in [2.05, 4.69) is 34.3 Å². The van der Waals surface area contributed by atoms with Crippen molar-refractivity contribution in [3.05, 3.63) is 45.2 Å². The van der Waals surface area contributed by atoms with E-state index in [1.165, 1.54) is 0 Å². The van der Waals surface area contributed by atoms with Crippen LogP contribution in [0.5, 0.6) is 0 Å². The molecule has 0 fully saturated rings. The van der Waals surface area contributed by atoms with Gasteiger partial charge in [0.25, 0.3) is 25.8 Å². The molecule has 0 unspecified atom stereocenters. The summed E-state index contributed by atoms with van der Waals surface area (Å²) in [5, 5.41) is 0. The van der Waals surface area contributed by atoms with Crippen molar-refractivity contribution in [1.82, 2.24) is 9.97 Å². The maximum Gasteiger partial charge on any atom is 1.00 e. The molecule has 164 valence electrons. The van der Waals surface area contributed by atoms with Crippen LogP contribution in [0.1, 0.15) is 14.3 Å². The first kappa shape index (κ1) is 29.2. The third kappa shape index (κ3) is 12.8. The van der Waals surface area contributed by atoms with E-state index in [4.69, 9.17) is 5.73 Å². The van der Waals surface area contributed by atoms with Crippen molar-refractivity contribution < 1.29 is 56.2 Å². The Balaban J connectivity index is 0. The summed E-state index contributed by atoms with van der Waals surface area (Å²) in [6.45, 7) is 0.0951. The number of aromatic amines is 1. The van der Waals surface area contributed by atoms with Crippen LogP contribution in [0.2, 0.25) is 0 Å². The number of benzene rings is 1. The second-order valence-corrected chi connectivity index (χ2v) is 9.82. The molecule has 2 rings (SSSR count). The summed E-state index contributed by atoms with van der Waals surface area (Å²) >= 11 is 3.19. The summed E-state index contributed by atoms with van der Waals surface area (Å²) in [6, 6.07) is 9.38. The van der Waals surface area contributed by atoms with Crippen molar-refractivity contribution in [2.45, 2.75) is 12.8 Å². The summed E-state index contributed by atoms with van der Waals surface area (Å²) in [5.41, 5.74) is 6.60. The molecule has 0 saturated carbocycles. The van der Waals surface area contributed by atoms with Crippen LogP contribution in [0.3, 0.4) is 0 Å². The Hall–Kier alpha value is -0.800. The average Bonchev–Trinajstić information content (AvgIpc) is 2.60. The summed E-state index contributed by atoms with van der Waals surface area (Å²) in [7, 11) is -6.80. The van der Waals surface area contributed by atoms with Crippen molar-refractivity contribution in [2.24, 2.45) is 0 Å². The minimum absolute atomic E-state index is 0. The van der Waals surface area contributed by atoms with E-state index in [0.29, 0.717) is 23.0 Å². The van der Waals surface area contributed by atoms with E-state index in [9.17, 15) is 21.6 Å². The molecule has 1 heterocycles. The van der Waals surface area contributed by atoms with Gasteiger partial charge in [0.15, 0.2) is 0 Å². The first-order chi connectivity index (χ1) is 13.4. The van der Waals surface area contributed by atoms with Crippen LogP contribution in [-0.2, 0) is 28.6 Å². The first-order valence-electron chi connectivity index (χ1n) is 8.18. The predicted molar refractivity (Wildman–Crippen MR) is 114 cm³/mol. The van der Waals surface area contributed by atoms with E-state index in [-0.39, 0.29) is 55.7 Å². The van der Waals surface area contributed by atoms with Gasteiger partial charge in [0, 0.05) is 5.56 Å². The number of unbranched alkanes of at least 4 members (excludes halogenated alkanes) is 1. The SMILES string of the molecule is CS(=O)(=O)OCCCCOS(C)(=O)=O.Nc1nc(-c2ccccc2)c(Br)c(=O)[nH]1.[H-].[Na+]. The van der Waals surface area contributed by atoms with Crippen molar-refractivity contribution in [1.29, 1.82) is 0 Å². The molecule has 0 aliphatic rings. The van der Waals surface area contributed by atoms with Crippen LogP contribution < -0.4 is 40.9 Å². The maximum absolute atomic E-state index is 11.4. The van der Waals surface area contributed by atoms with Crippen LogP contribution in [0.4, 0.5) is 5.95 Å². The molecular formula is C16H23BrN3NaO7S2. The molecule has 0 saturated heterocycles. The molecule has 2 aromatic rings. The van der Waals surface area contributed by atoms with Crippen LogP contribution in [0, 0.1) is 0 Å². The summed E-state index contributed by atoms with van der Waals surface area (Å²) in [6.07, 6.45) is 2.78. The Morgan fingerprint density at radius 1 is 1.03 bits per heavy atom. The minimum atomic E-state index is -3.40. The molecule has 0 amide bonds. The number of hydrogen-bond donors (Lipinski definition) is 2. The molecule has 0 spiro atoms. The number of anilines is 1. The number of nitrogens with zero attached hydrogens (tertiary/aromatic N) is 1. The predicted octanol–water partition coefficient (Wildman–Crippen LogP) is -1.38. The van der Waals surface area contributed by atoms with Gasteiger partial charge in [-0.2, -0.15) is 16.8 Å². The first-order valence-corrected chi connectivity index (χ1v) is 12.6. The zero-order valence-corrected chi connectivity index (χ0v) is 22.0. The molecule has 0 aliphatic carbocycles. The number of H-pyrrole nitrogens is 1. The number of hydrogen-bond acceptors (Lipinski definition) is 9. The third-order valence-corrected chi connectivity index (χ3v) is 4.99. The molecule has 0 radical (unpaired) electrons. The number of nitrogens with two attached hydrogens (primary N) is 1. The molecule has 1 aromatic carbocycles. The number of nitrogen functional groups attached to an aromatic ring is 1. The minimum Gasteiger partial charge on any atom is -1.00 e. The smallest absolute Gasteiger partial charge is 1.00 e. The van der Waals surface area contributed by atoms with Gasteiger partial charge in [-0.15, -0.1) is 0 Å². The van der Waals surface area contributed by atoms with Gasteiger partial charge in [-0.3, -0.25) is 18.1 Å². The summed E-state index contributed by atoms with van der Waals surface area (Å²) < 4.78 is 51.1. The molecule has 1 aromatic heterocycles. The number of aromatic nitrogens is 2. The van der Waals surface area contributed by atoms with Gasteiger partial charge >= 0.3 is 29.6 Å². The zero-order valence-electron chi connectivity index (χ0n) is 17.8. The fourth-order valence-electron chi connectivity index (χ4n) is 1.89. The van der Waals surface area contributed by atoms with Gasteiger partial charge in [0.05, 0.1) is 31.4 Å². The van der Waals surface area contributed by atoms with Crippen LogP contribution in [0.25, 0.3) is 11.3 Å². The average molecular weight is 536 g/mol. The van der Waals surface area contributed by atoms with E-state index in [1.54, 1.807) is 0 Å². The zero-order chi connectivity index (χ0) is 22.1. The van der Waals surface area contributed by atoms with Gasteiger partial charge in [0.2, 0.25) is 5.95 Å². The molecular weight excluding hydrogens is 513 g/mol. The van der Waals surface area contributed by atoms with Gasteiger partial charge in [-0.05, 0) is 28.8 Å². The Kier molecular flexibility index (Phi) is 13.2. The fraction of sp³-hybridized carbons (Fsp3) is 0.375. The Labute approximate surface area is 207 Å². The monoisotopic (exact) mass is 535 g/mol.